The maximum absolute atomic E-state index is 13.8. The lowest BCUT2D eigenvalue weighted by Gasteiger charge is -2.18. The molecular formula is C13H14ClF2N3. The van der Waals surface area contributed by atoms with E-state index in [-0.39, 0.29) is 11.6 Å². The zero-order chi connectivity index (χ0) is 14.2. The molecule has 0 saturated carbocycles. The summed E-state index contributed by atoms with van der Waals surface area (Å²) in [4.78, 5) is 0. The van der Waals surface area contributed by atoms with E-state index < -0.39 is 17.7 Å². The van der Waals surface area contributed by atoms with Crippen LogP contribution in [0, 0.1) is 11.6 Å². The number of halogens is 3. The molecule has 1 heterocycles. The Hall–Kier alpha value is -1.46. The molecule has 0 aliphatic carbocycles. The fourth-order valence-electron chi connectivity index (χ4n) is 2.00. The fraction of sp³-hybridized carbons (Fsp3) is 0.308. The molecule has 0 bridgehead atoms. The Bertz CT molecular complexity index is 575. The average molecular weight is 286 g/mol. The first-order valence-corrected chi connectivity index (χ1v) is 6.23. The van der Waals surface area contributed by atoms with Crippen molar-refractivity contribution in [1.82, 2.24) is 9.78 Å². The minimum atomic E-state index is -1.00. The van der Waals surface area contributed by atoms with Crippen LogP contribution < -0.4 is 5.73 Å². The molecule has 2 N–H and O–H groups in total. The van der Waals surface area contributed by atoms with Gasteiger partial charge in [0.2, 0.25) is 0 Å². The number of rotatable bonds is 3. The van der Waals surface area contributed by atoms with Crippen LogP contribution in [-0.4, -0.2) is 9.78 Å². The summed E-state index contributed by atoms with van der Waals surface area (Å²) >= 11 is 6.03. The van der Waals surface area contributed by atoms with E-state index in [0.717, 1.165) is 0 Å². The Morgan fingerprint density at radius 2 is 1.84 bits per heavy atom. The fourth-order valence-corrected chi connectivity index (χ4v) is 2.25. The normalized spacial score (nSPS) is 13.0. The van der Waals surface area contributed by atoms with E-state index >= 15 is 0 Å². The molecule has 1 aromatic carbocycles. The van der Waals surface area contributed by atoms with Crippen LogP contribution in [0.1, 0.15) is 37.2 Å². The van der Waals surface area contributed by atoms with Gasteiger partial charge in [0.05, 0.1) is 23.0 Å². The molecule has 1 unspecified atom stereocenters. The highest BCUT2D eigenvalue weighted by Gasteiger charge is 2.25. The second-order valence-corrected chi connectivity index (χ2v) is 4.94. The Morgan fingerprint density at radius 1 is 1.26 bits per heavy atom. The molecule has 0 aliphatic heterocycles. The first kappa shape index (κ1) is 14.0. The van der Waals surface area contributed by atoms with Crippen LogP contribution in [0.3, 0.4) is 0 Å². The summed E-state index contributed by atoms with van der Waals surface area (Å²) in [6.07, 6.45) is 1.43. The van der Waals surface area contributed by atoms with E-state index in [1.807, 2.05) is 13.8 Å². The second-order valence-electron chi connectivity index (χ2n) is 4.53. The highest BCUT2D eigenvalue weighted by Crippen LogP contribution is 2.31. The van der Waals surface area contributed by atoms with Crippen molar-refractivity contribution >= 4 is 11.6 Å². The van der Waals surface area contributed by atoms with Gasteiger partial charge in [-0.25, -0.2) is 8.78 Å². The van der Waals surface area contributed by atoms with Crippen LogP contribution in [-0.2, 0) is 0 Å². The average Bonchev–Trinajstić information content (AvgIpc) is 2.70. The summed E-state index contributed by atoms with van der Waals surface area (Å²) in [5, 5.41) is 4.38. The summed E-state index contributed by atoms with van der Waals surface area (Å²) in [5.41, 5.74) is 6.18. The summed E-state index contributed by atoms with van der Waals surface area (Å²) in [6, 6.07) is 2.62. The molecular weight excluding hydrogens is 272 g/mol. The van der Waals surface area contributed by atoms with E-state index in [9.17, 15) is 8.78 Å². The van der Waals surface area contributed by atoms with Gasteiger partial charge in [0.1, 0.15) is 11.6 Å². The van der Waals surface area contributed by atoms with Crippen molar-refractivity contribution in [2.24, 2.45) is 5.73 Å². The maximum atomic E-state index is 13.8. The van der Waals surface area contributed by atoms with Crippen LogP contribution in [0.15, 0.2) is 24.4 Å². The van der Waals surface area contributed by atoms with Crippen molar-refractivity contribution in [2.45, 2.75) is 25.9 Å². The molecule has 1 atom stereocenters. The van der Waals surface area contributed by atoms with E-state index in [1.54, 1.807) is 4.68 Å². The quantitative estimate of drug-likeness (QED) is 0.939. The maximum Gasteiger partial charge on any atom is 0.131 e. The molecule has 3 nitrogen and oxygen atoms in total. The van der Waals surface area contributed by atoms with Gasteiger partial charge in [-0.2, -0.15) is 5.10 Å². The lowest BCUT2D eigenvalue weighted by Crippen LogP contribution is -2.21. The number of aromatic nitrogens is 2. The molecule has 2 rings (SSSR count). The minimum absolute atomic E-state index is 0.0108. The van der Waals surface area contributed by atoms with Crippen molar-refractivity contribution in [3.05, 3.63) is 52.3 Å². The number of nitrogens with zero attached hydrogens (tertiary/aromatic N) is 2. The number of hydrogen-bond donors (Lipinski definition) is 1. The predicted molar refractivity (Wildman–Crippen MR) is 70.0 cm³/mol. The molecule has 1 aromatic heterocycles. The minimum Gasteiger partial charge on any atom is -0.319 e. The smallest absolute Gasteiger partial charge is 0.131 e. The largest absolute Gasteiger partial charge is 0.319 e. The molecule has 102 valence electrons. The standard InChI is InChI=1S/C13H14ClF2N3/c1-7(2)19-13(8(14)6-18-19)12(17)11-9(15)4-3-5-10(11)16/h3-7,12H,17H2,1-2H3. The lowest BCUT2D eigenvalue weighted by molar-refractivity contribution is 0.483. The molecule has 0 radical (unpaired) electrons. The van der Waals surface area contributed by atoms with E-state index in [0.29, 0.717) is 10.7 Å². The Kier molecular flexibility index (Phi) is 3.87. The summed E-state index contributed by atoms with van der Waals surface area (Å²) in [5.74, 6) is -1.39. The molecule has 2 aromatic rings. The van der Waals surface area contributed by atoms with Gasteiger partial charge in [0.15, 0.2) is 0 Å². The van der Waals surface area contributed by atoms with E-state index in [1.165, 1.54) is 24.4 Å². The summed E-state index contributed by atoms with van der Waals surface area (Å²) in [7, 11) is 0. The van der Waals surface area contributed by atoms with Crippen LogP contribution >= 0.6 is 11.6 Å². The van der Waals surface area contributed by atoms with Gasteiger partial charge in [-0.1, -0.05) is 17.7 Å². The molecule has 0 fully saturated rings. The van der Waals surface area contributed by atoms with Crippen molar-refractivity contribution in [2.75, 3.05) is 0 Å². The SMILES string of the molecule is CC(C)n1ncc(Cl)c1C(N)c1c(F)cccc1F. The van der Waals surface area contributed by atoms with Crippen LogP contribution in [0.2, 0.25) is 5.02 Å². The van der Waals surface area contributed by atoms with Crippen LogP contribution in [0.5, 0.6) is 0 Å². The lowest BCUT2D eigenvalue weighted by atomic mass is 10.0. The van der Waals surface area contributed by atoms with Crippen molar-refractivity contribution < 1.29 is 8.78 Å². The molecule has 0 saturated heterocycles. The van der Waals surface area contributed by atoms with E-state index in [2.05, 4.69) is 5.10 Å². The molecule has 0 aliphatic rings. The topological polar surface area (TPSA) is 43.8 Å². The first-order valence-electron chi connectivity index (χ1n) is 5.86. The molecule has 0 amide bonds. The number of benzene rings is 1. The van der Waals surface area contributed by atoms with Crippen molar-refractivity contribution in [1.29, 1.82) is 0 Å². The van der Waals surface area contributed by atoms with Gasteiger partial charge in [-0.05, 0) is 26.0 Å². The monoisotopic (exact) mass is 285 g/mol. The van der Waals surface area contributed by atoms with Crippen LogP contribution in [0.4, 0.5) is 8.78 Å². The van der Waals surface area contributed by atoms with Gasteiger partial charge in [0, 0.05) is 11.6 Å². The van der Waals surface area contributed by atoms with Crippen molar-refractivity contribution in [3.8, 4) is 0 Å². The third-order valence-electron chi connectivity index (χ3n) is 2.88. The van der Waals surface area contributed by atoms with Gasteiger partial charge in [0.25, 0.3) is 0 Å². The zero-order valence-electron chi connectivity index (χ0n) is 10.6. The third-order valence-corrected chi connectivity index (χ3v) is 3.17. The third kappa shape index (κ3) is 2.48. The Morgan fingerprint density at radius 3 is 2.37 bits per heavy atom. The van der Waals surface area contributed by atoms with Crippen LogP contribution in [0.25, 0.3) is 0 Å². The van der Waals surface area contributed by atoms with Gasteiger partial charge in [-0.3, -0.25) is 4.68 Å². The van der Waals surface area contributed by atoms with Gasteiger partial charge < -0.3 is 5.73 Å². The highest BCUT2D eigenvalue weighted by molar-refractivity contribution is 6.31. The molecule has 19 heavy (non-hydrogen) atoms. The van der Waals surface area contributed by atoms with E-state index in [4.69, 9.17) is 17.3 Å². The van der Waals surface area contributed by atoms with Gasteiger partial charge in [-0.15, -0.1) is 0 Å². The molecule has 0 spiro atoms. The van der Waals surface area contributed by atoms with Gasteiger partial charge >= 0.3 is 0 Å². The molecule has 6 heteroatoms. The number of hydrogen-bond acceptors (Lipinski definition) is 2. The zero-order valence-corrected chi connectivity index (χ0v) is 11.3. The predicted octanol–water partition coefficient (Wildman–Crippen LogP) is 3.44. The Labute approximate surface area is 115 Å². The second kappa shape index (κ2) is 5.27. The summed E-state index contributed by atoms with van der Waals surface area (Å²) < 4.78 is 29.1. The first-order chi connectivity index (χ1) is 8.93. The highest BCUT2D eigenvalue weighted by atomic mass is 35.5. The summed E-state index contributed by atoms with van der Waals surface area (Å²) in [6.45, 7) is 3.77. The Balaban J connectivity index is 2.56. The van der Waals surface area contributed by atoms with Crippen molar-refractivity contribution in [3.63, 3.8) is 0 Å². The number of nitrogens with two attached hydrogens (primary N) is 1.